The smallest absolute Gasteiger partial charge is 0.200 e. The van der Waals surface area contributed by atoms with Crippen LogP contribution in [0, 0.1) is 0 Å². The predicted octanol–water partition coefficient (Wildman–Crippen LogP) is 1.38. The number of ketones is 2. The molecule has 6 N–H and O–H groups in total. The molecule has 0 atom stereocenters. The van der Waals surface area contributed by atoms with E-state index in [1.165, 1.54) is 0 Å². The van der Waals surface area contributed by atoms with Crippen LogP contribution in [0.3, 0.4) is 0 Å². The third kappa shape index (κ3) is 2.38. The van der Waals surface area contributed by atoms with Gasteiger partial charge in [-0.05, 0) is 38.1 Å². The van der Waals surface area contributed by atoms with Crippen LogP contribution in [0.25, 0.3) is 0 Å². The first-order valence-corrected chi connectivity index (χ1v) is 7.07. The van der Waals surface area contributed by atoms with Crippen LogP contribution in [-0.2, 0) is 15.0 Å². The topological polar surface area (TPSA) is 156 Å². The molecular weight excluding hydrogens is 332 g/mol. The van der Waals surface area contributed by atoms with E-state index in [0.29, 0.717) is 0 Å². The van der Waals surface area contributed by atoms with Crippen LogP contribution >= 0.6 is 0 Å². The Kier molecular flexibility index (Phi) is 4.23. The number of hydrogen-bond acceptors (Lipinski definition) is 8. The van der Waals surface area contributed by atoms with E-state index in [1.54, 1.807) is 0 Å². The van der Waals surface area contributed by atoms with Crippen LogP contribution in [0.1, 0.15) is 25.0 Å². The highest BCUT2D eigenvalue weighted by atomic mass is 16.3. The van der Waals surface area contributed by atoms with Crippen LogP contribution in [-0.4, -0.2) is 42.2 Å². The molecule has 132 valence electrons. The summed E-state index contributed by atoms with van der Waals surface area (Å²) in [4.78, 5) is 24.9. The van der Waals surface area contributed by atoms with Gasteiger partial charge in [0.2, 0.25) is 11.5 Å². The van der Waals surface area contributed by atoms with Gasteiger partial charge in [0.05, 0.1) is 0 Å². The molecule has 25 heavy (non-hydrogen) atoms. The number of benzene rings is 2. The number of carbonyl (C=O) groups is 2. The number of aromatic hydroxyl groups is 6. The third-order valence-corrected chi connectivity index (χ3v) is 4.12. The Bertz CT molecular complexity index is 811. The Morgan fingerprint density at radius 1 is 0.640 bits per heavy atom. The van der Waals surface area contributed by atoms with Crippen molar-refractivity contribution in [1.82, 2.24) is 0 Å². The van der Waals surface area contributed by atoms with Crippen molar-refractivity contribution in [2.24, 2.45) is 0 Å². The lowest BCUT2D eigenvalue weighted by molar-refractivity contribution is -0.131. The Morgan fingerprint density at radius 3 is 1.24 bits per heavy atom. The van der Waals surface area contributed by atoms with Gasteiger partial charge < -0.3 is 30.6 Å². The molecule has 0 fully saturated rings. The van der Waals surface area contributed by atoms with E-state index in [2.05, 4.69) is 0 Å². The van der Waals surface area contributed by atoms with Crippen molar-refractivity contribution in [2.45, 2.75) is 19.3 Å². The quantitative estimate of drug-likeness (QED) is 0.357. The summed E-state index contributed by atoms with van der Waals surface area (Å²) in [5, 5.41) is 58.8. The minimum absolute atomic E-state index is 0.400. The van der Waals surface area contributed by atoms with E-state index in [4.69, 9.17) is 0 Å². The third-order valence-electron chi connectivity index (χ3n) is 4.12. The van der Waals surface area contributed by atoms with Gasteiger partial charge in [-0.2, -0.15) is 0 Å². The van der Waals surface area contributed by atoms with Gasteiger partial charge in [0, 0.05) is 11.1 Å². The molecule has 0 unspecified atom stereocenters. The summed E-state index contributed by atoms with van der Waals surface area (Å²) in [5.74, 6) is -6.80. The number of Topliss-reactive ketones (excluding diaryl/α,β-unsaturated/α-hetero) is 2. The molecule has 2 aromatic rings. The second kappa shape index (κ2) is 5.90. The van der Waals surface area contributed by atoms with E-state index < -0.39 is 62.6 Å². The number of hydrogen-bond donors (Lipinski definition) is 6. The molecule has 0 aliphatic heterocycles. The lowest BCUT2D eigenvalue weighted by atomic mass is 9.68. The molecule has 0 amide bonds. The van der Waals surface area contributed by atoms with Gasteiger partial charge in [-0.3, -0.25) is 9.59 Å². The molecule has 0 bridgehead atoms. The summed E-state index contributed by atoms with van der Waals surface area (Å²) in [7, 11) is 0. The first-order chi connectivity index (χ1) is 11.6. The second-order valence-electron chi connectivity index (χ2n) is 5.52. The van der Waals surface area contributed by atoms with Gasteiger partial charge in [0.25, 0.3) is 0 Å². The van der Waals surface area contributed by atoms with Crippen LogP contribution in [0.5, 0.6) is 34.5 Å². The minimum Gasteiger partial charge on any atom is -0.504 e. The Balaban J connectivity index is 3.01. The Hall–Kier alpha value is -3.42. The Labute approximate surface area is 141 Å². The second-order valence-corrected chi connectivity index (χ2v) is 5.52. The van der Waals surface area contributed by atoms with Crippen molar-refractivity contribution in [3.63, 3.8) is 0 Å². The monoisotopic (exact) mass is 348 g/mol. The molecule has 0 spiro atoms. The van der Waals surface area contributed by atoms with Crippen LogP contribution in [0.2, 0.25) is 0 Å². The van der Waals surface area contributed by atoms with Gasteiger partial charge in [-0.1, -0.05) is 0 Å². The van der Waals surface area contributed by atoms with Crippen molar-refractivity contribution >= 4 is 11.6 Å². The molecule has 0 saturated carbocycles. The van der Waals surface area contributed by atoms with E-state index in [-0.39, 0.29) is 0 Å². The highest BCUT2D eigenvalue weighted by molar-refractivity contribution is 6.15. The first-order valence-electron chi connectivity index (χ1n) is 7.07. The van der Waals surface area contributed by atoms with Crippen molar-refractivity contribution in [2.75, 3.05) is 0 Å². The fraction of sp³-hybridized carbons (Fsp3) is 0.176. The summed E-state index contributed by atoms with van der Waals surface area (Å²) in [5.41, 5.74) is -3.09. The number of phenolic OH excluding ortho intramolecular Hbond substituents is 6. The summed E-state index contributed by atoms with van der Waals surface area (Å²) >= 11 is 0. The fourth-order valence-corrected chi connectivity index (χ4v) is 2.89. The molecule has 0 aromatic heterocycles. The van der Waals surface area contributed by atoms with E-state index in [9.17, 15) is 40.2 Å². The fourth-order valence-electron chi connectivity index (χ4n) is 2.89. The molecule has 0 radical (unpaired) electrons. The molecule has 0 aliphatic rings. The van der Waals surface area contributed by atoms with E-state index in [1.807, 2.05) is 0 Å². The average molecular weight is 348 g/mol. The van der Waals surface area contributed by atoms with Crippen LogP contribution in [0.4, 0.5) is 0 Å². The molecule has 8 heteroatoms. The van der Waals surface area contributed by atoms with Gasteiger partial charge in [0.1, 0.15) is 5.41 Å². The van der Waals surface area contributed by atoms with Crippen LogP contribution < -0.4 is 0 Å². The van der Waals surface area contributed by atoms with E-state index >= 15 is 0 Å². The number of rotatable bonds is 4. The van der Waals surface area contributed by atoms with Crippen molar-refractivity contribution in [1.29, 1.82) is 0 Å². The average Bonchev–Trinajstić information content (AvgIpc) is 2.54. The molecule has 2 aromatic carbocycles. The summed E-state index contributed by atoms with van der Waals surface area (Å²) in [6.45, 7) is 2.04. The zero-order chi connectivity index (χ0) is 19.1. The first kappa shape index (κ1) is 17.9. The molecule has 0 heterocycles. The zero-order valence-corrected chi connectivity index (χ0v) is 13.3. The standard InChI is InChI=1S/C17H16O8/c1-7(18)17(8(2)19,9-3-5-11(20)15(24)13(9)22)10-4-6-12(21)16(25)14(10)23/h3-6,20-25H,1-2H3. The highest BCUT2D eigenvalue weighted by Gasteiger charge is 2.49. The maximum Gasteiger partial charge on any atom is 0.200 e. The van der Waals surface area contributed by atoms with Crippen molar-refractivity contribution in [3.05, 3.63) is 35.4 Å². The van der Waals surface area contributed by atoms with Gasteiger partial charge in [0.15, 0.2) is 34.6 Å². The Morgan fingerprint density at radius 2 is 0.960 bits per heavy atom. The summed E-state index contributed by atoms with van der Waals surface area (Å²) in [6.07, 6.45) is 0. The minimum atomic E-state index is -2.29. The SMILES string of the molecule is CC(=O)C(C(C)=O)(c1ccc(O)c(O)c1O)c1ccc(O)c(O)c1O. The molecule has 8 nitrogen and oxygen atoms in total. The maximum atomic E-state index is 12.5. The van der Waals surface area contributed by atoms with Gasteiger partial charge >= 0.3 is 0 Å². The molecule has 0 saturated heterocycles. The predicted molar refractivity (Wildman–Crippen MR) is 85.0 cm³/mol. The van der Waals surface area contributed by atoms with Crippen molar-refractivity contribution < 1.29 is 40.2 Å². The normalized spacial score (nSPS) is 11.3. The van der Waals surface area contributed by atoms with E-state index in [0.717, 1.165) is 38.1 Å². The lowest BCUT2D eigenvalue weighted by Gasteiger charge is -2.31. The van der Waals surface area contributed by atoms with Crippen LogP contribution in [0.15, 0.2) is 24.3 Å². The van der Waals surface area contributed by atoms with Gasteiger partial charge in [-0.15, -0.1) is 0 Å². The molecular formula is C17H16O8. The maximum absolute atomic E-state index is 12.5. The van der Waals surface area contributed by atoms with Gasteiger partial charge in [-0.25, -0.2) is 0 Å². The molecule has 0 aliphatic carbocycles. The summed E-state index contributed by atoms with van der Waals surface area (Å²) < 4.78 is 0. The largest absolute Gasteiger partial charge is 0.504 e. The lowest BCUT2D eigenvalue weighted by Crippen LogP contribution is -2.42. The number of carbonyl (C=O) groups excluding carboxylic acids is 2. The van der Waals surface area contributed by atoms with Crippen molar-refractivity contribution in [3.8, 4) is 34.5 Å². The summed E-state index contributed by atoms with van der Waals surface area (Å²) in [6, 6.07) is 4.00. The number of phenols is 6. The zero-order valence-electron chi connectivity index (χ0n) is 13.3. The highest BCUT2D eigenvalue weighted by Crippen LogP contribution is 2.50. The molecule has 2 rings (SSSR count).